The lowest BCUT2D eigenvalue weighted by molar-refractivity contribution is 0.0986. The van der Waals surface area contributed by atoms with Gasteiger partial charge in [0.1, 0.15) is 11.4 Å². The highest BCUT2D eigenvalue weighted by atomic mass is 16.1. The van der Waals surface area contributed by atoms with E-state index in [1.807, 2.05) is 49.3 Å². The zero-order valence-corrected chi connectivity index (χ0v) is 23.0. The summed E-state index contributed by atoms with van der Waals surface area (Å²) in [5, 5.41) is 13.4. The molecule has 0 spiro atoms. The van der Waals surface area contributed by atoms with Crippen LogP contribution in [0.25, 0.3) is 16.9 Å². The molecule has 5 heterocycles. The van der Waals surface area contributed by atoms with Crippen LogP contribution < -0.4 is 4.90 Å². The maximum absolute atomic E-state index is 13.1. The zero-order chi connectivity index (χ0) is 27.0. The standard InChI is InChI=1S/C28H35N9O/c1-19-11-24(32-37(19)28(3,4)5)27(38)13-21-12-26(20(2)30-15-21)36-18-25(31-33-36)22-14-23(17-29-16-22)35-9-7-34(6)8-10-35/h11-12,14-18H,7-10,13H2,1-6H3. The Balaban J connectivity index is 1.35. The second-order valence-corrected chi connectivity index (χ2v) is 11.1. The molecule has 0 aliphatic carbocycles. The molecule has 1 fully saturated rings. The van der Waals surface area contributed by atoms with E-state index in [1.54, 1.807) is 10.9 Å². The van der Waals surface area contributed by atoms with Crippen molar-refractivity contribution in [2.75, 3.05) is 38.1 Å². The lowest BCUT2D eigenvalue weighted by Gasteiger charge is -2.33. The van der Waals surface area contributed by atoms with Crippen LogP contribution in [0.5, 0.6) is 0 Å². The number of hydrogen-bond acceptors (Lipinski definition) is 8. The minimum Gasteiger partial charge on any atom is -0.368 e. The van der Waals surface area contributed by atoms with Gasteiger partial charge in [-0.2, -0.15) is 5.10 Å². The number of nitrogens with zero attached hydrogens (tertiary/aromatic N) is 9. The number of piperazine rings is 1. The van der Waals surface area contributed by atoms with Crippen molar-refractivity contribution in [3.8, 4) is 16.9 Å². The van der Waals surface area contributed by atoms with Crippen LogP contribution in [-0.4, -0.2) is 78.7 Å². The minimum absolute atomic E-state index is 0.0428. The van der Waals surface area contributed by atoms with Crippen molar-refractivity contribution in [1.82, 2.24) is 39.6 Å². The molecular weight excluding hydrogens is 478 g/mol. The largest absolute Gasteiger partial charge is 0.368 e. The number of pyridine rings is 2. The first-order valence-corrected chi connectivity index (χ1v) is 13.0. The number of Topliss-reactive ketones (excluding diaryl/α,β-unsaturated/α-hetero) is 1. The molecule has 0 radical (unpaired) electrons. The van der Waals surface area contributed by atoms with Gasteiger partial charge >= 0.3 is 0 Å². The second kappa shape index (κ2) is 10.1. The smallest absolute Gasteiger partial charge is 0.187 e. The number of carbonyl (C=O) groups is 1. The van der Waals surface area contributed by atoms with Crippen LogP contribution in [0.1, 0.15) is 48.2 Å². The van der Waals surface area contributed by atoms with E-state index in [0.717, 1.165) is 65.8 Å². The maximum atomic E-state index is 13.1. The van der Waals surface area contributed by atoms with Crippen molar-refractivity contribution in [3.63, 3.8) is 0 Å². The van der Waals surface area contributed by atoms with E-state index in [9.17, 15) is 4.79 Å². The SMILES string of the molecule is Cc1ncc(CC(=O)c2cc(C)n(C(C)(C)C)n2)cc1-n1cc(-c2cncc(N3CCN(C)CC3)c2)nn1. The third-order valence-electron chi connectivity index (χ3n) is 6.92. The predicted molar refractivity (Wildman–Crippen MR) is 147 cm³/mol. The first-order chi connectivity index (χ1) is 18.1. The predicted octanol–water partition coefficient (Wildman–Crippen LogP) is 3.47. The van der Waals surface area contributed by atoms with Gasteiger partial charge in [0, 0.05) is 56.3 Å². The summed E-state index contributed by atoms with van der Waals surface area (Å²) >= 11 is 0. The Labute approximate surface area is 223 Å². The molecule has 0 unspecified atom stereocenters. The molecule has 4 aromatic heterocycles. The maximum Gasteiger partial charge on any atom is 0.187 e. The summed E-state index contributed by atoms with van der Waals surface area (Å²) in [6, 6.07) is 5.92. The Morgan fingerprint density at radius 2 is 1.76 bits per heavy atom. The van der Waals surface area contributed by atoms with E-state index in [2.05, 4.69) is 69.1 Å². The van der Waals surface area contributed by atoms with Gasteiger partial charge in [-0.3, -0.25) is 19.4 Å². The van der Waals surface area contributed by atoms with Gasteiger partial charge in [-0.1, -0.05) is 5.21 Å². The summed E-state index contributed by atoms with van der Waals surface area (Å²) in [6.45, 7) is 14.1. The first-order valence-electron chi connectivity index (χ1n) is 13.0. The first kappa shape index (κ1) is 25.7. The third-order valence-corrected chi connectivity index (χ3v) is 6.92. The summed E-state index contributed by atoms with van der Waals surface area (Å²) in [5.41, 5.74) is 6.36. The molecule has 10 heteroatoms. The molecule has 4 aromatic rings. The van der Waals surface area contributed by atoms with Gasteiger partial charge in [-0.25, -0.2) is 4.68 Å². The van der Waals surface area contributed by atoms with Crippen LogP contribution in [0, 0.1) is 13.8 Å². The number of rotatable bonds is 6. The summed E-state index contributed by atoms with van der Waals surface area (Å²) in [4.78, 5) is 26.7. The summed E-state index contributed by atoms with van der Waals surface area (Å²) < 4.78 is 3.61. The highest BCUT2D eigenvalue weighted by Crippen LogP contribution is 2.24. The average Bonchev–Trinajstić information content (AvgIpc) is 3.53. The van der Waals surface area contributed by atoms with Crippen LogP contribution >= 0.6 is 0 Å². The quantitative estimate of drug-likeness (QED) is 0.362. The van der Waals surface area contributed by atoms with Gasteiger partial charge in [-0.15, -0.1) is 5.10 Å². The van der Waals surface area contributed by atoms with Crippen LogP contribution in [0.3, 0.4) is 0 Å². The molecule has 0 bridgehead atoms. The number of ketones is 1. The monoisotopic (exact) mass is 513 g/mol. The summed E-state index contributed by atoms with van der Waals surface area (Å²) in [5.74, 6) is -0.0428. The fraction of sp³-hybridized carbons (Fsp3) is 0.429. The van der Waals surface area contributed by atoms with E-state index < -0.39 is 0 Å². The molecule has 1 aliphatic heterocycles. The summed E-state index contributed by atoms with van der Waals surface area (Å²) in [6.07, 6.45) is 7.55. The molecule has 1 saturated heterocycles. The van der Waals surface area contributed by atoms with E-state index in [0.29, 0.717) is 5.69 Å². The van der Waals surface area contributed by atoms with E-state index in [4.69, 9.17) is 0 Å². The number of carbonyl (C=O) groups excluding carboxylic acids is 1. The number of aryl methyl sites for hydroxylation is 2. The van der Waals surface area contributed by atoms with Gasteiger partial charge in [0.05, 0.1) is 35.0 Å². The lowest BCUT2D eigenvalue weighted by atomic mass is 10.1. The fourth-order valence-electron chi connectivity index (χ4n) is 4.78. The van der Waals surface area contributed by atoms with Crippen molar-refractivity contribution in [1.29, 1.82) is 0 Å². The topological polar surface area (TPSA) is 97.9 Å². The van der Waals surface area contributed by atoms with Crippen molar-refractivity contribution >= 4 is 11.5 Å². The Morgan fingerprint density at radius 3 is 2.47 bits per heavy atom. The number of likely N-dealkylation sites (N-methyl/N-ethyl adjacent to an activating group) is 1. The van der Waals surface area contributed by atoms with Gasteiger partial charge < -0.3 is 9.80 Å². The molecule has 0 saturated carbocycles. The molecular formula is C28H35N9O. The highest BCUT2D eigenvalue weighted by Gasteiger charge is 2.21. The molecule has 0 aromatic carbocycles. The normalized spacial score (nSPS) is 14.7. The van der Waals surface area contributed by atoms with Crippen LogP contribution in [0.2, 0.25) is 0 Å². The molecule has 198 valence electrons. The van der Waals surface area contributed by atoms with E-state index in [1.165, 1.54) is 0 Å². The molecule has 1 aliphatic rings. The van der Waals surface area contributed by atoms with Crippen LogP contribution in [0.4, 0.5) is 5.69 Å². The van der Waals surface area contributed by atoms with E-state index in [-0.39, 0.29) is 17.7 Å². The Hall–Kier alpha value is -3.92. The number of hydrogen-bond donors (Lipinski definition) is 0. The Morgan fingerprint density at radius 1 is 1.00 bits per heavy atom. The summed E-state index contributed by atoms with van der Waals surface area (Å²) in [7, 11) is 2.15. The molecule has 0 atom stereocenters. The van der Waals surface area contributed by atoms with Gasteiger partial charge in [-0.05, 0) is 65.4 Å². The fourth-order valence-corrected chi connectivity index (χ4v) is 4.78. The van der Waals surface area contributed by atoms with Gasteiger partial charge in [0.2, 0.25) is 0 Å². The molecule has 5 rings (SSSR count). The Kier molecular flexibility index (Phi) is 6.83. The van der Waals surface area contributed by atoms with Crippen molar-refractivity contribution in [2.24, 2.45) is 0 Å². The van der Waals surface area contributed by atoms with Gasteiger partial charge in [0.25, 0.3) is 0 Å². The lowest BCUT2D eigenvalue weighted by Crippen LogP contribution is -2.44. The van der Waals surface area contributed by atoms with Crippen LogP contribution in [0.15, 0.2) is 43.0 Å². The number of aromatic nitrogens is 7. The number of anilines is 1. The van der Waals surface area contributed by atoms with Crippen molar-refractivity contribution in [3.05, 3.63) is 65.6 Å². The molecule has 38 heavy (non-hydrogen) atoms. The average molecular weight is 514 g/mol. The zero-order valence-electron chi connectivity index (χ0n) is 23.0. The van der Waals surface area contributed by atoms with Gasteiger partial charge in [0.15, 0.2) is 5.78 Å². The van der Waals surface area contributed by atoms with Crippen molar-refractivity contribution < 1.29 is 4.79 Å². The second-order valence-electron chi connectivity index (χ2n) is 11.1. The Bertz CT molecular complexity index is 1460. The van der Waals surface area contributed by atoms with Crippen LogP contribution in [-0.2, 0) is 12.0 Å². The van der Waals surface area contributed by atoms with E-state index >= 15 is 0 Å². The molecule has 10 nitrogen and oxygen atoms in total. The molecule has 0 N–H and O–H groups in total. The minimum atomic E-state index is -0.189. The molecule has 0 amide bonds. The van der Waals surface area contributed by atoms with Crippen molar-refractivity contribution in [2.45, 2.75) is 46.6 Å². The third kappa shape index (κ3) is 5.35. The highest BCUT2D eigenvalue weighted by molar-refractivity contribution is 5.95.